The largest absolute Gasteiger partial charge is 0.497 e. The van der Waals surface area contributed by atoms with E-state index in [0.717, 1.165) is 17.0 Å². The fourth-order valence-electron chi connectivity index (χ4n) is 1.52. The Morgan fingerprint density at radius 3 is 2.40 bits per heavy atom. The van der Waals surface area contributed by atoms with Crippen molar-refractivity contribution in [3.63, 3.8) is 0 Å². The number of hydrogen-bond donors (Lipinski definition) is 1. The molecule has 15 heavy (non-hydrogen) atoms. The number of ether oxygens (including phenoxy) is 1. The van der Waals surface area contributed by atoms with Crippen LogP contribution in [0.1, 0.15) is 0 Å². The van der Waals surface area contributed by atoms with Crippen molar-refractivity contribution < 1.29 is 4.74 Å². The summed E-state index contributed by atoms with van der Waals surface area (Å²) in [5.74, 6) is 0.805. The number of hydrogen-bond acceptors (Lipinski definition) is 2. The van der Waals surface area contributed by atoms with Gasteiger partial charge in [0.05, 0.1) is 12.8 Å². The molecule has 0 unspecified atom stereocenters. The highest BCUT2D eigenvalue weighted by Gasteiger charge is 2.03. The highest BCUT2D eigenvalue weighted by molar-refractivity contribution is 5.60. The number of rotatable bonds is 2. The molecule has 0 spiro atoms. The first-order valence-corrected chi connectivity index (χ1v) is 4.61. The van der Waals surface area contributed by atoms with Crippen molar-refractivity contribution in [1.29, 1.82) is 0 Å². The van der Waals surface area contributed by atoms with Gasteiger partial charge in [-0.3, -0.25) is 14.6 Å². The fourth-order valence-corrected chi connectivity index (χ4v) is 1.52. The molecule has 2 aromatic rings. The molecule has 4 nitrogen and oxygen atoms in total. The van der Waals surface area contributed by atoms with Gasteiger partial charge in [-0.2, -0.15) is 0 Å². The van der Waals surface area contributed by atoms with Gasteiger partial charge in [0.2, 0.25) is 0 Å². The highest BCUT2D eigenvalue weighted by Crippen LogP contribution is 2.20. The summed E-state index contributed by atoms with van der Waals surface area (Å²) >= 11 is 0. The molecule has 1 heterocycles. The van der Waals surface area contributed by atoms with Gasteiger partial charge in [0.1, 0.15) is 5.75 Å². The quantitative estimate of drug-likeness (QED) is 0.803. The van der Waals surface area contributed by atoms with E-state index in [0.29, 0.717) is 0 Å². The van der Waals surface area contributed by atoms with Gasteiger partial charge in [-0.1, -0.05) is 0 Å². The van der Waals surface area contributed by atoms with Gasteiger partial charge in [-0.15, -0.1) is 0 Å². The number of aromatic nitrogens is 2. The van der Waals surface area contributed by atoms with Gasteiger partial charge in [0, 0.05) is 18.7 Å². The van der Waals surface area contributed by atoms with E-state index >= 15 is 0 Å². The minimum Gasteiger partial charge on any atom is -0.497 e. The summed E-state index contributed by atoms with van der Waals surface area (Å²) in [6.45, 7) is 0. The number of H-pyrrole nitrogens is 1. The summed E-state index contributed by atoms with van der Waals surface area (Å²) in [5, 5.41) is 2.66. The van der Waals surface area contributed by atoms with Gasteiger partial charge < -0.3 is 4.74 Å². The number of aromatic amines is 1. The molecule has 0 amide bonds. The van der Waals surface area contributed by atoms with Crippen molar-refractivity contribution in [2.75, 3.05) is 7.11 Å². The van der Waals surface area contributed by atoms with Gasteiger partial charge >= 0.3 is 0 Å². The number of nitrogens with zero attached hydrogens (tertiary/aromatic N) is 1. The van der Waals surface area contributed by atoms with Crippen molar-refractivity contribution in [2.24, 2.45) is 7.05 Å². The number of nitrogens with one attached hydrogen (secondary N) is 1. The summed E-state index contributed by atoms with van der Waals surface area (Å²) in [7, 11) is 3.43. The molecule has 1 N–H and O–H groups in total. The van der Waals surface area contributed by atoms with Crippen LogP contribution in [0.4, 0.5) is 0 Å². The van der Waals surface area contributed by atoms with Crippen LogP contribution >= 0.6 is 0 Å². The van der Waals surface area contributed by atoms with E-state index in [1.807, 2.05) is 24.3 Å². The SMILES string of the molecule is COc1ccc(-c2cc(=O)[nH]n2C)cc1. The first-order chi connectivity index (χ1) is 7.20. The summed E-state index contributed by atoms with van der Waals surface area (Å²) in [5.41, 5.74) is 1.75. The van der Waals surface area contributed by atoms with E-state index < -0.39 is 0 Å². The molecule has 2 rings (SSSR count). The molecule has 0 saturated heterocycles. The Bertz CT molecular complexity index is 508. The lowest BCUT2D eigenvalue weighted by atomic mass is 10.1. The van der Waals surface area contributed by atoms with Gasteiger partial charge in [-0.05, 0) is 24.3 Å². The molecule has 1 aromatic carbocycles. The molecule has 78 valence electrons. The molecule has 0 fully saturated rings. The van der Waals surface area contributed by atoms with Gasteiger partial charge in [-0.25, -0.2) is 0 Å². The van der Waals surface area contributed by atoms with Crippen LogP contribution < -0.4 is 10.3 Å². The van der Waals surface area contributed by atoms with Crippen LogP contribution in [0.25, 0.3) is 11.3 Å². The zero-order chi connectivity index (χ0) is 10.8. The van der Waals surface area contributed by atoms with Crippen molar-refractivity contribution in [2.45, 2.75) is 0 Å². The highest BCUT2D eigenvalue weighted by atomic mass is 16.5. The van der Waals surface area contributed by atoms with Crippen LogP contribution in [0.3, 0.4) is 0 Å². The second-order valence-electron chi connectivity index (χ2n) is 3.29. The Balaban J connectivity index is 2.45. The maximum absolute atomic E-state index is 11.1. The second kappa shape index (κ2) is 3.65. The predicted octanol–water partition coefficient (Wildman–Crippen LogP) is 1.39. The van der Waals surface area contributed by atoms with Crippen LogP contribution in [-0.2, 0) is 7.05 Å². The summed E-state index contributed by atoms with van der Waals surface area (Å²) < 4.78 is 6.76. The summed E-state index contributed by atoms with van der Waals surface area (Å²) in [6, 6.07) is 9.14. The molecular formula is C11H12N2O2. The maximum atomic E-state index is 11.1. The smallest absolute Gasteiger partial charge is 0.264 e. The van der Waals surface area contributed by atoms with Crippen LogP contribution in [0, 0.1) is 0 Å². The molecule has 0 atom stereocenters. The van der Waals surface area contributed by atoms with Crippen molar-refractivity contribution in [1.82, 2.24) is 9.78 Å². The third kappa shape index (κ3) is 1.79. The molecule has 0 aliphatic heterocycles. The van der Waals surface area contributed by atoms with Crippen molar-refractivity contribution in [3.05, 3.63) is 40.7 Å². The Morgan fingerprint density at radius 1 is 1.27 bits per heavy atom. The molecule has 1 aromatic heterocycles. The van der Waals surface area contributed by atoms with Crippen molar-refractivity contribution >= 4 is 0 Å². The molecule has 0 bridgehead atoms. The molecule has 0 aliphatic rings. The Morgan fingerprint density at radius 2 is 1.93 bits per heavy atom. The van der Waals surface area contributed by atoms with Crippen LogP contribution in [0.15, 0.2) is 35.1 Å². The second-order valence-corrected chi connectivity index (χ2v) is 3.29. The normalized spacial score (nSPS) is 10.3. The molecule has 4 heteroatoms. The number of aryl methyl sites for hydroxylation is 1. The first kappa shape index (κ1) is 9.58. The Labute approximate surface area is 87.1 Å². The first-order valence-electron chi connectivity index (χ1n) is 4.61. The molecule has 0 saturated carbocycles. The van der Waals surface area contributed by atoms with E-state index in [1.54, 1.807) is 24.9 Å². The molecular weight excluding hydrogens is 192 g/mol. The van der Waals surface area contributed by atoms with E-state index in [9.17, 15) is 4.79 Å². The summed E-state index contributed by atoms with van der Waals surface area (Å²) in [6.07, 6.45) is 0. The van der Waals surface area contributed by atoms with Gasteiger partial charge in [0.25, 0.3) is 5.56 Å². The van der Waals surface area contributed by atoms with Crippen LogP contribution in [0.5, 0.6) is 5.75 Å². The minimum atomic E-state index is -0.0941. The molecule has 0 radical (unpaired) electrons. The fraction of sp³-hybridized carbons (Fsp3) is 0.182. The average Bonchev–Trinajstić information content (AvgIpc) is 2.58. The lowest BCUT2D eigenvalue weighted by molar-refractivity contribution is 0.415. The third-order valence-electron chi connectivity index (χ3n) is 2.29. The number of methoxy groups -OCH3 is 1. The van der Waals surface area contributed by atoms with Gasteiger partial charge in [0.15, 0.2) is 0 Å². The van der Waals surface area contributed by atoms with E-state index in [-0.39, 0.29) is 5.56 Å². The predicted molar refractivity (Wildman–Crippen MR) is 58.0 cm³/mol. The van der Waals surface area contributed by atoms with E-state index in [1.165, 1.54) is 0 Å². The van der Waals surface area contributed by atoms with Crippen LogP contribution in [-0.4, -0.2) is 16.9 Å². The molecule has 0 aliphatic carbocycles. The third-order valence-corrected chi connectivity index (χ3v) is 2.29. The Kier molecular flexibility index (Phi) is 2.33. The monoisotopic (exact) mass is 204 g/mol. The maximum Gasteiger partial charge on any atom is 0.264 e. The Hall–Kier alpha value is -1.97. The lowest BCUT2D eigenvalue weighted by Crippen LogP contribution is -2.00. The zero-order valence-electron chi connectivity index (χ0n) is 8.65. The van der Waals surface area contributed by atoms with E-state index in [4.69, 9.17) is 4.74 Å². The summed E-state index contributed by atoms with van der Waals surface area (Å²) in [4.78, 5) is 11.1. The van der Waals surface area contributed by atoms with Crippen molar-refractivity contribution in [3.8, 4) is 17.0 Å². The average molecular weight is 204 g/mol. The zero-order valence-corrected chi connectivity index (χ0v) is 8.65. The minimum absolute atomic E-state index is 0.0941. The standard InChI is InChI=1S/C11H12N2O2/c1-13-10(7-11(14)12-13)8-3-5-9(15-2)6-4-8/h3-7H,1-2H3,(H,12,14). The number of benzene rings is 1. The van der Waals surface area contributed by atoms with Crippen LogP contribution in [0.2, 0.25) is 0 Å². The van der Waals surface area contributed by atoms with E-state index in [2.05, 4.69) is 5.10 Å². The topological polar surface area (TPSA) is 47.0 Å². The lowest BCUT2D eigenvalue weighted by Gasteiger charge is -2.03.